The summed E-state index contributed by atoms with van der Waals surface area (Å²) < 4.78 is 18.7. The van der Waals surface area contributed by atoms with Crippen LogP contribution in [0.25, 0.3) is 0 Å². The smallest absolute Gasteiger partial charge is 0.337 e. The van der Waals surface area contributed by atoms with Gasteiger partial charge in [0.15, 0.2) is 0 Å². The molecule has 1 amide bonds. The zero-order valence-corrected chi connectivity index (χ0v) is 11.5. The maximum absolute atomic E-state index is 13.2. The largest absolute Gasteiger partial charge is 0.463 e. The topological polar surface area (TPSA) is 79.9 Å². The van der Waals surface area contributed by atoms with Crippen LogP contribution in [0.1, 0.15) is 17.3 Å². The zero-order chi connectivity index (χ0) is 13.8. The molecule has 0 atom stereocenters. The molecular formula is C11H10BrFN4O2. The van der Waals surface area contributed by atoms with Crippen LogP contribution in [0, 0.1) is 5.82 Å². The van der Waals surface area contributed by atoms with E-state index in [9.17, 15) is 9.18 Å². The molecule has 100 valence electrons. The van der Waals surface area contributed by atoms with Crippen molar-refractivity contribution in [3.8, 4) is 6.01 Å². The minimum atomic E-state index is -0.507. The number of hydrogen-bond donors (Lipinski definition) is 2. The molecule has 19 heavy (non-hydrogen) atoms. The normalized spacial score (nSPS) is 10.3. The van der Waals surface area contributed by atoms with Gasteiger partial charge in [-0.3, -0.25) is 10.1 Å². The van der Waals surface area contributed by atoms with Crippen LogP contribution in [-0.2, 0) is 0 Å². The molecular weight excluding hydrogens is 319 g/mol. The summed E-state index contributed by atoms with van der Waals surface area (Å²) in [5.74, 6) is -0.875. The lowest BCUT2D eigenvalue weighted by Gasteiger charge is -2.02. The number of H-pyrrole nitrogens is 1. The first kappa shape index (κ1) is 13.5. The number of anilines is 1. The molecule has 1 aromatic carbocycles. The number of nitrogens with one attached hydrogen (secondary N) is 2. The number of halogens is 2. The van der Waals surface area contributed by atoms with Crippen LogP contribution in [0.15, 0.2) is 22.7 Å². The number of benzene rings is 1. The number of nitrogens with zero attached hydrogens (tertiary/aromatic N) is 2. The van der Waals surface area contributed by atoms with Crippen LogP contribution in [0.2, 0.25) is 0 Å². The Hall–Kier alpha value is -1.96. The van der Waals surface area contributed by atoms with Gasteiger partial charge in [0.1, 0.15) is 5.82 Å². The summed E-state index contributed by atoms with van der Waals surface area (Å²) in [5, 5.41) is 8.68. The Bertz CT molecular complexity index is 582. The Morgan fingerprint density at radius 1 is 1.53 bits per heavy atom. The number of hydrogen-bond acceptors (Lipinski definition) is 4. The molecule has 0 saturated heterocycles. The minimum absolute atomic E-state index is 0.133. The highest BCUT2D eigenvalue weighted by Crippen LogP contribution is 2.16. The van der Waals surface area contributed by atoms with Gasteiger partial charge in [-0.05, 0) is 25.1 Å². The Morgan fingerprint density at radius 2 is 2.32 bits per heavy atom. The van der Waals surface area contributed by atoms with Gasteiger partial charge < -0.3 is 4.74 Å². The molecule has 0 radical (unpaired) electrons. The maximum Gasteiger partial charge on any atom is 0.337 e. The van der Waals surface area contributed by atoms with Crippen LogP contribution in [0.5, 0.6) is 6.01 Å². The number of aromatic nitrogens is 3. The first-order chi connectivity index (χ1) is 9.08. The summed E-state index contributed by atoms with van der Waals surface area (Å²) in [6.45, 7) is 2.21. The van der Waals surface area contributed by atoms with Crippen molar-refractivity contribution < 1.29 is 13.9 Å². The fraction of sp³-hybridized carbons (Fsp3) is 0.182. The predicted octanol–water partition coefficient (Wildman–Crippen LogP) is 2.36. The van der Waals surface area contributed by atoms with Crippen LogP contribution in [0.3, 0.4) is 0 Å². The number of ether oxygens (including phenoxy) is 1. The summed E-state index contributed by atoms with van der Waals surface area (Å²) in [7, 11) is 0. The average Bonchev–Trinajstić information content (AvgIpc) is 2.76. The quantitative estimate of drug-likeness (QED) is 0.902. The Kier molecular flexibility index (Phi) is 4.10. The lowest BCUT2D eigenvalue weighted by molar-refractivity contribution is 0.102. The van der Waals surface area contributed by atoms with Gasteiger partial charge in [0.05, 0.1) is 6.61 Å². The first-order valence-electron chi connectivity index (χ1n) is 5.41. The Labute approximate surface area is 116 Å². The van der Waals surface area contributed by atoms with Crippen molar-refractivity contribution in [1.29, 1.82) is 0 Å². The van der Waals surface area contributed by atoms with Crippen molar-refractivity contribution in [3.05, 3.63) is 34.1 Å². The molecule has 0 unspecified atom stereocenters. The van der Waals surface area contributed by atoms with E-state index in [2.05, 4.69) is 36.4 Å². The Balaban J connectivity index is 2.11. The van der Waals surface area contributed by atoms with Crippen molar-refractivity contribution in [3.63, 3.8) is 0 Å². The minimum Gasteiger partial charge on any atom is -0.463 e. The third kappa shape index (κ3) is 3.50. The summed E-state index contributed by atoms with van der Waals surface area (Å²) in [4.78, 5) is 15.7. The van der Waals surface area contributed by atoms with Crippen molar-refractivity contribution in [2.24, 2.45) is 0 Å². The molecule has 2 rings (SSSR count). The van der Waals surface area contributed by atoms with E-state index < -0.39 is 11.7 Å². The predicted molar refractivity (Wildman–Crippen MR) is 69.6 cm³/mol. The molecule has 0 aliphatic rings. The number of amides is 1. The SMILES string of the molecule is CCOc1n[nH]c(NC(=O)c2cc(F)cc(Br)c2)n1. The van der Waals surface area contributed by atoms with Gasteiger partial charge in [-0.1, -0.05) is 15.9 Å². The maximum atomic E-state index is 13.2. The summed E-state index contributed by atoms with van der Waals surface area (Å²) in [6.07, 6.45) is 0. The lowest BCUT2D eigenvalue weighted by atomic mass is 10.2. The monoisotopic (exact) mass is 328 g/mol. The second-order valence-electron chi connectivity index (χ2n) is 3.51. The van der Waals surface area contributed by atoms with Crippen LogP contribution < -0.4 is 10.1 Å². The molecule has 0 fully saturated rings. The van der Waals surface area contributed by atoms with Crippen molar-refractivity contribution in [1.82, 2.24) is 15.2 Å². The standard InChI is InChI=1S/C11H10BrFN4O2/c1-2-19-11-15-10(16-17-11)14-9(18)6-3-7(12)5-8(13)4-6/h3-5H,2H2,1H3,(H2,14,15,16,17,18). The first-order valence-corrected chi connectivity index (χ1v) is 6.20. The zero-order valence-electron chi connectivity index (χ0n) is 9.91. The van der Waals surface area contributed by atoms with E-state index in [0.29, 0.717) is 11.1 Å². The second kappa shape index (κ2) is 5.79. The number of rotatable bonds is 4. The Morgan fingerprint density at radius 3 is 3.00 bits per heavy atom. The van der Waals surface area contributed by atoms with E-state index >= 15 is 0 Å². The molecule has 0 aliphatic carbocycles. The summed E-state index contributed by atoms with van der Waals surface area (Å²) in [6, 6.07) is 4.02. The van der Waals surface area contributed by atoms with Crippen LogP contribution >= 0.6 is 15.9 Å². The lowest BCUT2D eigenvalue weighted by Crippen LogP contribution is -2.13. The highest BCUT2D eigenvalue weighted by molar-refractivity contribution is 9.10. The fourth-order valence-corrected chi connectivity index (χ4v) is 1.83. The van der Waals surface area contributed by atoms with Crippen LogP contribution in [-0.4, -0.2) is 27.7 Å². The molecule has 2 N–H and O–H groups in total. The highest BCUT2D eigenvalue weighted by Gasteiger charge is 2.11. The molecule has 8 heteroatoms. The molecule has 0 aliphatic heterocycles. The third-order valence-electron chi connectivity index (χ3n) is 2.10. The highest BCUT2D eigenvalue weighted by atomic mass is 79.9. The molecule has 6 nitrogen and oxygen atoms in total. The van der Waals surface area contributed by atoms with Crippen molar-refractivity contribution >= 4 is 27.8 Å². The summed E-state index contributed by atoms with van der Waals surface area (Å²) >= 11 is 3.12. The average molecular weight is 329 g/mol. The van der Waals surface area contributed by atoms with Gasteiger partial charge >= 0.3 is 6.01 Å². The van der Waals surface area contributed by atoms with E-state index in [1.165, 1.54) is 12.1 Å². The molecule has 0 bridgehead atoms. The van der Waals surface area contributed by atoms with Gasteiger partial charge in [0.25, 0.3) is 5.91 Å². The molecule has 1 aromatic heterocycles. The molecule has 2 aromatic rings. The summed E-state index contributed by atoms with van der Waals surface area (Å²) in [5.41, 5.74) is 0.168. The van der Waals surface area contributed by atoms with Gasteiger partial charge in [-0.15, -0.1) is 5.10 Å². The number of aromatic amines is 1. The number of carbonyl (C=O) groups excluding carboxylic acids is 1. The molecule has 1 heterocycles. The van der Waals surface area contributed by atoms with Gasteiger partial charge in [-0.2, -0.15) is 4.98 Å². The third-order valence-corrected chi connectivity index (χ3v) is 2.55. The molecule has 0 spiro atoms. The van der Waals surface area contributed by atoms with E-state index in [1.807, 2.05) is 0 Å². The fourth-order valence-electron chi connectivity index (χ4n) is 1.36. The van der Waals surface area contributed by atoms with E-state index in [1.54, 1.807) is 6.92 Å². The van der Waals surface area contributed by atoms with Crippen LogP contribution in [0.4, 0.5) is 10.3 Å². The van der Waals surface area contributed by atoms with E-state index in [-0.39, 0.29) is 17.5 Å². The van der Waals surface area contributed by atoms with Gasteiger partial charge in [0.2, 0.25) is 5.95 Å². The second-order valence-corrected chi connectivity index (χ2v) is 4.43. The van der Waals surface area contributed by atoms with E-state index in [4.69, 9.17) is 4.74 Å². The van der Waals surface area contributed by atoms with Gasteiger partial charge in [0, 0.05) is 10.0 Å². The molecule has 0 saturated carbocycles. The van der Waals surface area contributed by atoms with Crippen molar-refractivity contribution in [2.75, 3.05) is 11.9 Å². The van der Waals surface area contributed by atoms with E-state index in [0.717, 1.165) is 6.07 Å². The van der Waals surface area contributed by atoms with Gasteiger partial charge in [-0.25, -0.2) is 9.49 Å². The van der Waals surface area contributed by atoms with Crippen molar-refractivity contribution in [2.45, 2.75) is 6.92 Å². The number of carbonyl (C=O) groups is 1.